The van der Waals surface area contributed by atoms with Crippen molar-refractivity contribution in [3.05, 3.63) is 35.6 Å². The number of likely N-dealkylation sites (N-methyl/N-ethyl adjacent to an activating group) is 1. The summed E-state index contributed by atoms with van der Waals surface area (Å²) in [5.74, 6) is -0.181. The van der Waals surface area contributed by atoms with E-state index >= 15 is 0 Å². The molecule has 3 heteroatoms. The zero-order valence-electron chi connectivity index (χ0n) is 10.2. The molecule has 0 saturated carbocycles. The van der Waals surface area contributed by atoms with Crippen molar-refractivity contribution in [1.82, 2.24) is 5.32 Å². The lowest BCUT2D eigenvalue weighted by molar-refractivity contribution is 0.0619. The molecule has 1 aromatic carbocycles. The largest absolute Gasteiger partial charge is 0.379 e. The van der Waals surface area contributed by atoms with Gasteiger partial charge in [0.15, 0.2) is 0 Å². The van der Waals surface area contributed by atoms with Crippen LogP contribution in [0.3, 0.4) is 0 Å². The quantitative estimate of drug-likeness (QED) is 0.803. The third-order valence-electron chi connectivity index (χ3n) is 2.80. The van der Waals surface area contributed by atoms with Crippen LogP contribution in [0.5, 0.6) is 0 Å². The van der Waals surface area contributed by atoms with Gasteiger partial charge in [-0.25, -0.2) is 4.39 Å². The molecule has 0 aliphatic heterocycles. The van der Waals surface area contributed by atoms with Gasteiger partial charge in [0.1, 0.15) is 5.82 Å². The molecule has 0 aliphatic rings. The van der Waals surface area contributed by atoms with Crippen molar-refractivity contribution in [3.63, 3.8) is 0 Å². The van der Waals surface area contributed by atoms with E-state index in [1.165, 1.54) is 6.07 Å². The standard InChI is InChI=1S/C13H20FNO/c1-4-7-12(16-3)13(15-2)10-8-5-6-9-11(10)14/h5-6,8-9,12-13,15H,4,7H2,1-3H3. The number of hydrogen-bond acceptors (Lipinski definition) is 2. The van der Waals surface area contributed by atoms with Gasteiger partial charge < -0.3 is 10.1 Å². The van der Waals surface area contributed by atoms with E-state index in [-0.39, 0.29) is 18.0 Å². The maximum absolute atomic E-state index is 13.7. The fourth-order valence-electron chi connectivity index (χ4n) is 1.97. The predicted octanol–water partition coefficient (Wildman–Crippen LogP) is 2.90. The lowest BCUT2D eigenvalue weighted by Gasteiger charge is -2.26. The maximum Gasteiger partial charge on any atom is 0.128 e. The smallest absolute Gasteiger partial charge is 0.128 e. The number of nitrogens with one attached hydrogen (secondary N) is 1. The van der Waals surface area contributed by atoms with Gasteiger partial charge in [-0.1, -0.05) is 31.5 Å². The van der Waals surface area contributed by atoms with Gasteiger partial charge in [-0.15, -0.1) is 0 Å². The Kier molecular flexibility index (Phi) is 5.43. The molecule has 0 aromatic heterocycles. The normalized spacial score (nSPS) is 14.8. The minimum Gasteiger partial charge on any atom is -0.379 e. The van der Waals surface area contributed by atoms with E-state index in [1.807, 2.05) is 13.1 Å². The molecule has 0 bridgehead atoms. The van der Waals surface area contributed by atoms with Crippen LogP contribution in [0.15, 0.2) is 24.3 Å². The Balaban J connectivity index is 2.92. The molecule has 0 spiro atoms. The molecule has 0 amide bonds. The fraction of sp³-hybridized carbons (Fsp3) is 0.538. The molecule has 1 rings (SSSR count). The first-order valence-electron chi connectivity index (χ1n) is 5.69. The highest BCUT2D eigenvalue weighted by Gasteiger charge is 2.22. The molecule has 0 fully saturated rings. The highest BCUT2D eigenvalue weighted by Crippen LogP contribution is 2.24. The maximum atomic E-state index is 13.7. The summed E-state index contributed by atoms with van der Waals surface area (Å²) in [6, 6.07) is 6.75. The molecular formula is C13H20FNO. The lowest BCUT2D eigenvalue weighted by atomic mass is 9.98. The van der Waals surface area contributed by atoms with E-state index in [4.69, 9.17) is 4.74 Å². The number of hydrogen-bond donors (Lipinski definition) is 1. The van der Waals surface area contributed by atoms with Crippen LogP contribution in [-0.4, -0.2) is 20.3 Å². The summed E-state index contributed by atoms with van der Waals surface area (Å²) in [7, 11) is 3.50. The summed E-state index contributed by atoms with van der Waals surface area (Å²) in [5.41, 5.74) is 0.672. The molecule has 1 aromatic rings. The van der Waals surface area contributed by atoms with Crippen LogP contribution in [0.1, 0.15) is 31.4 Å². The Morgan fingerprint density at radius 3 is 2.56 bits per heavy atom. The fourth-order valence-corrected chi connectivity index (χ4v) is 1.97. The number of ether oxygens (including phenoxy) is 1. The summed E-state index contributed by atoms with van der Waals surface area (Å²) in [5, 5.41) is 3.13. The molecule has 0 aliphatic carbocycles. The average molecular weight is 225 g/mol. The molecule has 1 N–H and O–H groups in total. The first-order valence-corrected chi connectivity index (χ1v) is 5.69. The van der Waals surface area contributed by atoms with Gasteiger partial charge in [0.25, 0.3) is 0 Å². The Labute approximate surface area is 96.8 Å². The van der Waals surface area contributed by atoms with E-state index in [0.29, 0.717) is 5.56 Å². The van der Waals surface area contributed by atoms with Gasteiger partial charge in [-0.3, -0.25) is 0 Å². The van der Waals surface area contributed by atoms with Crippen LogP contribution in [0.2, 0.25) is 0 Å². The molecule has 90 valence electrons. The second-order valence-electron chi connectivity index (χ2n) is 3.85. The van der Waals surface area contributed by atoms with Gasteiger partial charge in [-0.05, 0) is 19.5 Å². The second-order valence-corrected chi connectivity index (χ2v) is 3.85. The zero-order chi connectivity index (χ0) is 12.0. The van der Waals surface area contributed by atoms with Gasteiger partial charge in [0.2, 0.25) is 0 Å². The Bertz CT molecular complexity index is 317. The van der Waals surface area contributed by atoms with Crippen LogP contribution in [-0.2, 0) is 4.74 Å². The number of halogens is 1. The van der Waals surface area contributed by atoms with E-state index in [1.54, 1.807) is 19.2 Å². The Morgan fingerprint density at radius 1 is 1.38 bits per heavy atom. The summed E-state index contributed by atoms with van der Waals surface area (Å²) in [6.07, 6.45) is 1.94. The van der Waals surface area contributed by atoms with Crippen molar-refractivity contribution in [2.45, 2.75) is 31.9 Å². The molecule has 2 nitrogen and oxygen atoms in total. The van der Waals surface area contributed by atoms with Crippen LogP contribution in [0.4, 0.5) is 4.39 Å². The van der Waals surface area contributed by atoms with E-state index in [2.05, 4.69) is 12.2 Å². The molecule has 16 heavy (non-hydrogen) atoms. The third kappa shape index (κ3) is 3.03. The van der Waals surface area contributed by atoms with Crippen LogP contribution in [0.25, 0.3) is 0 Å². The van der Waals surface area contributed by atoms with E-state index in [9.17, 15) is 4.39 Å². The highest BCUT2D eigenvalue weighted by molar-refractivity contribution is 5.22. The van der Waals surface area contributed by atoms with Crippen molar-refractivity contribution in [2.24, 2.45) is 0 Å². The van der Waals surface area contributed by atoms with Gasteiger partial charge in [0.05, 0.1) is 12.1 Å². The van der Waals surface area contributed by atoms with Crippen molar-refractivity contribution in [3.8, 4) is 0 Å². The summed E-state index contributed by atoms with van der Waals surface area (Å²) in [6.45, 7) is 2.10. The number of rotatable bonds is 6. The van der Waals surface area contributed by atoms with Crippen LogP contribution in [0, 0.1) is 5.82 Å². The summed E-state index contributed by atoms with van der Waals surface area (Å²) in [4.78, 5) is 0. The lowest BCUT2D eigenvalue weighted by Crippen LogP contribution is -2.31. The molecule has 2 atom stereocenters. The van der Waals surface area contributed by atoms with Gasteiger partial charge >= 0.3 is 0 Å². The van der Waals surface area contributed by atoms with Crippen molar-refractivity contribution < 1.29 is 9.13 Å². The number of benzene rings is 1. The SMILES string of the molecule is CCCC(OC)C(NC)c1ccccc1F. The van der Waals surface area contributed by atoms with Crippen molar-refractivity contribution in [2.75, 3.05) is 14.2 Å². The molecule has 0 heterocycles. The summed E-state index contributed by atoms with van der Waals surface area (Å²) < 4.78 is 19.1. The minimum absolute atomic E-state index is 0.00639. The molecular weight excluding hydrogens is 205 g/mol. The zero-order valence-corrected chi connectivity index (χ0v) is 10.2. The molecule has 0 saturated heterocycles. The van der Waals surface area contributed by atoms with Gasteiger partial charge in [0, 0.05) is 12.7 Å². The van der Waals surface area contributed by atoms with Crippen molar-refractivity contribution >= 4 is 0 Å². The third-order valence-corrected chi connectivity index (χ3v) is 2.80. The first-order chi connectivity index (χ1) is 7.74. The number of methoxy groups -OCH3 is 1. The Morgan fingerprint density at radius 2 is 2.06 bits per heavy atom. The van der Waals surface area contributed by atoms with Gasteiger partial charge in [-0.2, -0.15) is 0 Å². The topological polar surface area (TPSA) is 21.3 Å². The molecule has 0 radical (unpaired) electrons. The Hall–Kier alpha value is -0.930. The van der Waals surface area contributed by atoms with E-state index in [0.717, 1.165) is 12.8 Å². The summed E-state index contributed by atoms with van der Waals surface area (Å²) >= 11 is 0. The van der Waals surface area contributed by atoms with Crippen LogP contribution < -0.4 is 5.32 Å². The molecule has 2 unspecified atom stereocenters. The first kappa shape index (κ1) is 13.1. The highest BCUT2D eigenvalue weighted by atomic mass is 19.1. The van der Waals surface area contributed by atoms with Crippen molar-refractivity contribution in [1.29, 1.82) is 0 Å². The minimum atomic E-state index is -0.181. The van der Waals surface area contributed by atoms with Crippen LogP contribution >= 0.6 is 0 Å². The second kappa shape index (κ2) is 6.61. The monoisotopic (exact) mass is 225 g/mol. The average Bonchev–Trinajstić information content (AvgIpc) is 2.31. The van der Waals surface area contributed by atoms with E-state index < -0.39 is 0 Å². The predicted molar refractivity (Wildman–Crippen MR) is 63.9 cm³/mol.